The van der Waals surface area contributed by atoms with Crippen LogP contribution in [0.1, 0.15) is 99.6 Å². The molecule has 0 aliphatic carbocycles. The van der Waals surface area contributed by atoms with Crippen molar-refractivity contribution in [2.75, 3.05) is 56.1 Å². The first kappa shape index (κ1) is 38.3. The average Bonchev–Trinajstić information content (AvgIpc) is 3.86. The number of carbonyl (C=O) groups excluding carboxylic acids is 5. The number of hydrogen-bond acceptors (Lipinski definition) is 9. The van der Waals surface area contributed by atoms with E-state index in [-0.39, 0.29) is 30.1 Å². The Kier molecular flexibility index (Phi) is 9.80. The van der Waals surface area contributed by atoms with Crippen LogP contribution in [0.2, 0.25) is 5.02 Å². The summed E-state index contributed by atoms with van der Waals surface area (Å²) >= 11 is 6.38. The predicted molar refractivity (Wildman–Crippen MR) is 218 cm³/mol. The fraction of sp³-hybridized carbons (Fsp3) is 0.467. The first-order valence-electron chi connectivity index (χ1n) is 20.6. The lowest BCUT2D eigenvalue weighted by molar-refractivity contribution is -0.149. The summed E-state index contributed by atoms with van der Waals surface area (Å²) in [5.41, 5.74) is 6.42. The van der Waals surface area contributed by atoms with Gasteiger partial charge in [0, 0.05) is 88.8 Å². The third-order valence-corrected chi connectivity index (χ3v) is 14.2. The van der Waals surface area contributed by atoms with E-state index < -0.39 is 23.8 Å². The van der Waals surface area contributed by atoms with Gasteiger partial charge in [0.15, 0.2) is 0 Å². The summed E-state index contributed by atoms with van der Waals surface area (Å²) in [6.07, 6.45) is 5.43. The van der Waals surface area contributed by atoms with Gasteiger partial charge < -0.3 is 14.7 Å². The van der Waals surface area contributed by atoms with Crippen molar-refractivity contribution < 1.29 is 24.0 Å². The molecule has 300 valence electrons. The first-order chi connectivity index (χ1) is 27.9. The van der Waals surface area contributed by atoms with Crippen LogP contribution in [-0.2, 0) is 22.7 Å². The third-order valence-electron chi connectivity index (χ3n) is 13.9. The van der Waals surface area contributed by atoms with Crippen LogP contribution in [0.4, 0.5) is 11.4 Å². The zero-order valence-electron chi connectivity index (χ0n) is 33.1. The van der Waals surface area contributed by atoms with Gasteiger partial charge in [0.05, 0.1) is 21.7 Å². The number of amides is 5. The Bertz CT molecular complexity index is 2210. The van der Waals surface area contributed by atoms with E-state index in [1.54, 1.807) is 0 Å². The number of fused-ring (bicyclic) bond motifs is 2. The molecular weight excluding hydrogens is 754 g/mol. The Morgan fingerprint density at radius 2 is 1.50 bits per heavy atom. The molecule has 3 aromatic rings. The molecule has 1 spiro atoms. The van der Waals surface area contributed by atoms with Gasteiger partial charge in [-0.3, -0.25) is 38.7 Å². The summed E-state index contributed by atoms with van der Waals surface area (Å²) in [4.78, 5) is 76.5. The maximum Gasteiger partial charge on any atom is 0.262 e. The van der Waals surface area contributed by atoms with Crippen molar-refractivity contribution in [3.63, 3.8) is 0 Å². The van der Waals surface area contributed by atoms with Gasteiger partial charge in [0.1, 0.15) is 12.1 Å². The smallest absolute Gasteiger partial charge is 0.262 e. The molecule has 6 aliphatic rings. The van der Waals surface area contributed by atoms with Gasteiger partial charge in [-0.25, -0.2) is 0 Å². The van der Waals surface area contributed by atoms with E-state index in [0.29, 0.717) is 59.9 Å². The summed E-state index contributed by atoms with van der Waals surface area (Å²) in [5.74, 6) is -1.24. The molecule has 58 heavy (non-hydrogen) atoms. The lowest BCUT2D eigenvalue weighted by atomic mass is 9.76. The molecule has 4 fully saturated rings. The van der Waals surface area contributed by atoms with Crippen molar-refractivity contribution in [2.24, 2.45) is 11.3 Å². The van der Waals surface area contributed by atoms with Crippen LogP contribution >= 0.6 is 11.6 Å². The van der Waals surface area contributed by atoms with Crippen LogP contribution in [0, 0.1) is 22.7 Å². The summed E-state index contributed by atoms with van der Waals surface area (Å²) < 4.78 is 0. The maximum absolute atomic E-state index is 13.6. The lowest BCUT2D eigenvalue weighted by Crippen LogP contribution is -2.54. The number of imide groups is 2. The number of likely N-dealkylation sites (tertiary alicyclic amines) is 2. The van der Waals surface area contributed by atoms with E-state index in [4.69, 9.17) is 11.6 Å². The molecule has 0 aromatic heterocycles. The van der Waals surface area contributed by atoms with Gasteiger partial charge in [0.2, 0.25) is 5.91 Å². The molecule has 0 bridgehead atoms. The van der Waals surface area contributed by atoms with Gasteiger partial charge in [0.25, 0.3) is 23.6 Å². The van der Waals surface area contributed by atoms with Crippen molar-refractivity contribution >= 4 is 52.5 Å². The zero-order chi connectivity index (χ0) is 40.5. The number of anilines is 2. The molecule has 3 aromatic carbocycles. The molecule has 12 nitrogen and oxygen atoms in total. The van der Waals surface area contributed by atoms with Gasteiger partial charge in [-0.2, -0.15) is 5.26 Å². The molecule has 6 aliphatic heterocycles. The minimum absolute atomic E-state index is 0.0742. The number of nitriles is 1. The van der Waals surface area contributed by atoms with Crippen molar-refractivity contribution in [1.29, 1.82) is 5.26 Å². The van der Waals surface area contributed by atoms with Crippen molar-refractivity contribution in [2.45, 2.75) is 77.0 Å². The van der Waals surface area contributed by atoms with Gasteiger partial charge in [-0.15, -0.1) is 0 Å². The minimum Gasteiger partial charge on any atom is -0.371 e. The first-order valence-corrected chi connectivity index (χ1v) is 21.0. The Labute approximate surface area is 343 Å². The SMILES string of the molecule is C[C@H]1CC2(CCN(c3ccc(C(=O)N4CCC(CN5Cc6cc7c(cc6C5)C(=O)N(C5CCC(=O)N(C)C5=O)C7=O)CC4)cc3)CC2)CN1c1ccc(C#N)c(Cl)c1. The van der Waals surface area contributed by atoms with Gasteiger partial charge in [-0.05, 0) is 123 Å². The number of benzene rings is 3. The average molecular weight is 802 g/mol. The zero-order valence-corrected chi connectivity index (χ0v) is 33.8. The van der Waals surface area contributed by atoms with Crippen LogP contribution in [0.3, 0.4) is 0 Å². The van der Waals surface area contributed by atoms with Crippen LogP contribution in [-0.4, -0.2) is 108 Å². The molecule has 2 atom stereocenters. The minimum atomic E-state index is -0.954. The second-order valence-corrected chi connectivity index (χ2v) is 17.8. The number of piperidine rings is 3. The standard InChI is InChI=1S/C45H48ClN7O5/c1-28-22-45(27-52(28)35-8-5-31(23-47)38(46)21-35)13-17-50(18-14-45)34-6-3-30(4-7-34)41(55)51-15-11-29(12-16-51)24-49-25-32-19-36-37(20-33(32)26-49)43(57)53(42(36)56)39-9-10-40(54)48(2)44(39)58/h3-8,19-21,28-29,39H,9-18,22,24-27H2,1-2H3/t28-,39?/m0/s1. The molecule has 0 radical (unpaired) electrons. The normalized spacial score (nSPS) is 23.6. The number of hydrogen-bond donors (Lipinski definition) is 0. The Balaban J connectivity index is 0.746. The predicted octanol–water partition coefficient (Wildman–Crippen LogP) is 5.71. The maximum atomic E-state index is 13.6. The van der Waals surface area contributed by atoms with Crippen molar-refractivity contribution in [1.82, 2.24) is 19.6 Å². The highest BCUT2D eigenvalue weighted by molar-refractivity contribution is 6.32. The fourth-order valence-electron chi connectivity index (χ4n) is 10.5. The molecule has 5 amide bonds. The van der Waals surface area contributed by atoms with Crippen LogP contribution in [0.5, 0.6) is 0 Å². The quantitative estimate of drug-likeness (QED) is 0.288. The van der Waals surface area contributed by atoms with Crippen LogP contribution in [0.15, 0.2) is 54.6 Å². The molecule has 0 N–H and O–H groups in total. The Hall–Kier alpha value is -5.25. The number of likely N-dealkylation sites (N-methyl/N-ethyl adjacent to an activating group) is 1. The molecule has 9 rings (SSSR count). The van der Waals surface area contributed by atoms with E-state index in [1.807, 2.05) is 47.4 Å². The fourth-order valence-corrected chi connectivity index (χ4v) is 10.7. The van der Waals surface area contributed by atoms with Crippen LogP contribution in [0.25, 0.3) is 0 Å². The summed E-state index contributed by atoms with van der Waals surface area (Å²) in [6.45, 7) is 8.86. The molecule has 4 saturated heterocycles. The van der Waals surface area contributed by atoms with Crippen molar-refractivity contribution in [3.8, 4) is 6.07 Å². The topological polar surface area (TPSA) is 129 Å². The molecule has 6 heterocycles. The molecular formula is C45H48ClN7O5. The van der Waals surface area contributed by atoms with Gasteiger partial charge in [-0.1, -0.05) is 11.6 Å². The number of halogens is 1. The summed E-state index contributed by atoms with van der Waals surface area (Å²) in [7, 11) is 1.39. The molecule has 0 saturated carbocycles. The second kappa shape index (κ2) is 14.8. The van der Waals surface area contributed by atoms with Crippen LogP contribution < -0.4 is 9.80 Å². The molecule has 13 heteroatoms. The number of nitrogens with zero attached hydrogens (tertiary/aromatic N) is 7. The Morgan fingerprint density at radius 3 is 2.12 bits per heavy atom. The van der Waals surface area contributed by atoms with E-state index in [0.717, 1.165) is 96.1 Å². The van der Waals surface area contributed by atoms with E-state index >= 15 is 0 Å². The second-order valence-electron chi connectivity index (χ2n) is 17.4. The van der Waals surface area contributed by atoms with E-state index in [9.17, 15) is 29.2 Å². The largest absolute Gasteiger partial charge is 0.371 e. The Morgan fingerprint density at radius 1 is 0.862 bits per heavy atom. The van der Waals surface area contributed by atoms with E-state index in [2.05, 4.69) is 39.8 Å². The monoisotopic (exact) mass is 801 g/mol. The highest BCUT2D eigenvalue weighted by atomic mass is 35.5. The lowest BCUT2D eigenvalue weighted by Gasteiger charge is -2.40. The summed E-state index contributed by atoms with van der Waals surface area (Å²) in [5, 5.41) is 9.79. The summed E-state index contributed by atoms with van der Waals surface area (Å²) in [6, 6.07) is 19.1. The van der Waals surface area contributed by atoms with Crippen molar-refractivity contribution in [3.05, 3.63) is 93.0 Å². The van der Waals surface area contributed by atoms with Gasteiger partial charge >= 0.3 is 0 Å². The molecule has 1 unspecified atom stereocenters. The number of carbonyl (C=O) groups is 5. The van der Waals surface area contributed by atoms with E-state index in [1.165, 1.54) is 7.05 Å². The highest BCUT2D eigenvalue weighted by Gasteiger charge is 2.47. The number of rotatable bonds is 6. The highest BCUT2D eigenvalue weighted by Crippen LogP contribution is 2.46. The third kappa shape index (κ3) is 6.72.